The number of carbonyl (C=O) groups is 1. The summed E-state index contributed by atoms with van der Waals surface area (Å²) >= 11 is 0. The predicted octanol–water partition coefficient (Wildman–Crippen LogP) is 3.28. The molecular weight excluding hydrogens is 415 g/mol. The zero-order chi connectivity index (χ0) is 16.7. The van der Waals surface area contributed by atoms with Crippen molar-refractivity contribution >= 4 is 41.5 Å². The van der Waals surface area contributed by atoms with Crippen molar-refractivity contribution in [3.8, 4) is 0 Å². The van der Waals surface area contributed by atoms with Gasteiger partial charge in [0.05, 0.1) is 0 Å². The highest BCUT2D eigenvalue weighted by molar-refractivity contribution is 14.0. The molecule has 6 heteroatoms. The zero-order valence-corrected chi connectivity index (χ0v) is 16.8. The molecule has 0 saturated heterocycles. The van der Waals surface area contributed by atoms with Crippen LogP contribution in [0.1, 0.15) is 32.3 Å². The highest BCUT2D eigenvalue weighted by atomic mass is 127. The molecule has 24 heavy (non-hydrogen) atoms. The molecule has 2 rings (SSSR count). The second kappa shape index (κ2) is 10.3. The van der Waals surface area contributed by atoms with E-state index in [1.807, 2.05) is 38.1 Å². The molecule has 0 heterocycles. The Morgan fingerprint density at radius 3 is 2.38 bits per heavy atom. The molecule has 0 spiro atoms. The molecule has 5 nitrogen and oxygen atoms in total. The molecule has 0 aliphatic heterocycles. The highest BCUT2D eigenvalue weighted by Gasteiger charge is 2.11. The minimum absolute atomic E-state index is 0. The quantitative estimate of drug-likeness (QED) is 0.284. The number of amides is 1. The van der Waals surface area contributed by atoms with Gasteiger partial charge in [0.15, 0.2) is 5.96 Å². The van der Waals surface area contributed by atoms with Crippen molar-refractivity contribution in [3.63, 3.8) is 0 Å². The molecule has 0 aromatic heterocycles. The van der Waals surface area contributed by atoms with Gasteiger partial charge < -0.3 is 16.0 Å². The van der Waals surface area contributed by atoms with Crippen molar-refractivity contribution in [2.45, 2.75) is 39.3 Å². The maximum absolute atomic E-state index is 11.7. The van der Waals surface area contributed by atoms with E-state index in [0.29, 0.717) is 12.6 Å². The van der Waals surface area contributed by atoms with Crippen LogP contribution in [0.15, 0.2) is 41.4 Å². The van der Waals surface area contributed by atoms with Crippen molar-refractivity contribution in [1.82, 2.24) is 10.6 Å². The van der Waals surface area contributed by atoms with Crippen LogP contribution in [0.25, 0.3) is 0 Å². The van der Waals surface area contributed by atoms with Crippen molar-refractivity contribution in [3.05, 3.63) is 42.0 Å². The Morgan fingerprint density at radius 2 is 1.83 bits per heavy atom. The SMILES string of the molecule is CN=C(NCc1ccc(NC(=O)C(C)C)cc1)NC1CC=CC1.I. The van der Waals surface area contributed by atoms with Gasteiger partial charge >= 0.3 is 0 Å². The Kier molecular flexibility index (Phi) is 8.81. The lowest BCUT2D eigenvalue weighted by molar-refractivity contribution is -0.118. The average Bonchev–Trinajstić information content (AvgIpc) is 3.05. The smallest absolute Gasteiger partial charge is 0.226 e. The number of hydrogen-bond donors (Lipinski definition) is 3. The summed E-state index contributed by atoms with van der Waals surface area (Å²) < 4.78 is 0. The second-order valence-electron chi connectivity index (χ2n) is 6.05. The van der Waals surface area contributed by atoms with Gasteiger partial charge in [0, 0.05) is 31.2 Å². The molecule has 132 valence electrons. The number of aliphatic imine (C=N–C) groups is 1. The van der Waals surface area contributed by atoms with E-state index >= 15 is 0 Å². The van der Waals surface area contributed by atoms with Crippen LogP contribution in [-0.4, -0.2) is 25.0 Å². The number of benzene rings is 1. The molecule has 1 aromatic carbocycles. The normalized spacial score (nSPS) is 14.4. The fourth-order valence-electron chi connectivity index (χ4n) is 2.30. The number of anilines is 1. The van der Waals surface area contributed by atoms with Gasteiger partial charge in [-0.25, -0.2) is 0 Å². The van der Waals surface area contributed by atoms with Crippen LogP contribution in [0.2, 0.25) is 0 Å². The third kappa shape index (κ3) is 6.51. The van der Waals surface area contributed by atoms with E-state index in [4.69, 9.17) is 0 Å². The molecule has 0 unspecified atom stereocenters. The number of nitrogens with one attached hydrogen (secondary N) is 3. The maximum atomic E-state index is 11.7. The monoisotopic (exact) mass is 442 g/mol. The third-order valence-corrected chi connectivity index (χ3v) is 3.78. The molecule has 1 aromatic rings. The highest BCUT2D eigenvalue weighted by Crippen LogP contribution is 2.11. The summed E-state index contributed by atoms with van der Waals surface area (Å²) in [5.74, 6) is 0.831. The Balaban J connectivity index is 0.00000288. The van der Waals surface area contributed by atoms with Crippen molar-refractivity contribution < 1.29 is 4.79 Å². The second-order valence-corrected chi connectivity index (χ2v) is 6.05. The Labute approximate surface area is 161 Å². The number of nitrogens with zero attached hydrogens (tertiary/aromatic N) is 1. The lowest BCUT2D eigenvalue weighted by Gasteiger charge is -2.17. The van der Waals surface area contributed by atoms with Crippen LogP contribution < -0.4 is 16.0 Å². The Bertz CT molecular complexity index is 573. The first-order chi connectivity index (χ1) is 11.1. The Hall–Kier alpha value is -1.57. The van der Waals surface area contributed by atoms with Crippen LogP contribution >= 0.6 is 24.0 Å². The lowest BCUT2D eigenvalue weighted by Crippen LogP contribution is -2.42. The van der Waals surface area contributed by atoms with Gasteiger partial charge in [0.25, 0.3) is 0 Å². The van der Waals surface area contributed by atoms with Gasteiger partial charge in [-0.15, -0.1) is 24.0 Å². The molecule has 3 N–H and O–H groups in total. The fraction of sp³-hybridized carbons (Fsp3) is 0.444. The van der Waals surface area contributed by atoms with E-state index in [9.17, 15) is 4.79 Å². The van der Waals surface area contributed by atoms with Crippen LogP contribution in [0.3, 0.4) is 0 Å². The van der Waals surface area contributed by atoms with E-state index in [0.717, 1.165) is 30.1 Å². The van der Waals surface area contributed by atoms with Crippen molar-refractivity contribution in [1.29, 1.82) is 0 Å². The van der Waals surface area contributed by atoms with Gasteiger partial charge in [0.2, 0.25) is 5.91 Å². The van der Waals surface area contributed by atoms with Crippen LogP contribution in [0.4, 0.5) is 5.69 Å². The van der Waals surface area contributed by atoms with Gasteiger partial charge in [-0.1, -0.05) is 38.1 Å². The summed E-state index contributed by atoms with van der Waals surface area (Å²) in [6.07, 6.45) is 6.47. The number of guanidine groups is 1. The summed E-state index contributed by atoms with van der Waals surface area (Å²) in [6, 6.07) is 8.30. The number of halogens is 1. The molecule has 1 amide bonds. The summed E-state index contributed by atoms with van der Waals surface area (Å²) in [5, 5.41) is 9.61. The fourth-order valence-corrected chi connectivity index (χ4v) is 2.30. The van der Waals surface area contributed by atoms with E-state index in [1.165, 1.54) is 0 Å². The Morgan fingerprint density at radius 1 is 1.21 bits per heavy atom. The minimum Gasteiger partial charge on any atom is -0.353 e. The van der Waals surface area contributed by atoms with Crippen LogP contribution in [0.5, 0.6) is 0 Å². The topological polar surface area (TPSA) is 65.5 Å². The number of carbonyl (C=O) groups excluding carboxylic acids is 1. The predicted molar refractivity (Wildman–Crippen MR) is 111 cm³/mol. The first-order valence-corrected chi connectivity index (χ1v) is 8.10. The van der Waals surface area contributed by atoms with E-state index in [-0.39, 0.29) is 35.8 Å². The van der Waals surface area contributed by atoms with E-state index < -0.39 is 0 Å². The lowest BCUT2D eigenvalue weighted by atomic mass is 10.1. The first kappa shape index (κ1) is 20.5. The molecule has 0 bridgehead atoms. The van der Waals surface area contributed by atoms with Crippen LogP contribution in [-0.2, 0) is 11.3 Å². The molecule has 1 aliphatic carbocycles. The molecule has 0 saturated carbocycles. The zero-order valence-electron chi connectivity index (χ0n) is 14.5. The number of hydrogen-bond acceptors (Lipinski definition) is 2. The summed E-state index contributed by atoms with van der Waals surface area (Å²) in [4.78, 5) is 15.9. The molecule has 1 aliphatic rings. The minimum atomic E-state index is -0.0178. The maximum Gasteiger partial charge on any atom is 0.226 e. The summed E-state index contributed by atoms with van der Waals surface area (Å²) in [7, 11) is 1.78. The standard InChI is InChI=1S/C18H26N4O.HI/c1-13(2)17(23)21-16-10-8-14(9-11-16)12-20-18(19-3)22-15-6-4-5-7-15;/h4-5,8-11,13,15H,6-7,12H2,1-3H3,(H,21,23)(H2,19,20,22);1H. The van der Waals surface area contributed by atoms with Gasteiger partial charge in [-0.2, -0.15) is 0 Å². The van der Waals surface area contributed by atoms with Gasteiger partial charge in [-0.3, -0.25) is 9.79 Å². The first-order valence-electron chi connectivity index (χ1n) is 8.10. The third-order valence-electron chi connectivity index (χ3n) is 3.78. The largest absolute Gasteiger partial charge is 0.353 e. The van der Waals surface area contributed by atoms with Crippen molar-refractivity contribution in [2.75, 3.05) is 12.4 Å². The number of rotatable bonds is 5. The summed E-state index contributed by atoms with van der Waals surface area (Å²) in [6.45, 7) is 4.45. The molecule has 0 radical (unpaired) electrons. The van der Waals surface area contributed by atoms with E-state index in [1.54, 1.807) is 7.05 Å². The molecular formula is C18H27IN4O. The average molecular weight is 442 g/mol. The molecule has 0 fully saturated rings. The summed E-state index contributed by atoms with van der Waals surface area (Å²) in [5.41, 5.74) is 1.96. The molecule has 0 atom stereocenters. The van der Waals surface area contributed by atoms with E-state index in [2.05, 4.69) is 33.1 Å². The van der Waals surface area contributed by atoms with Crippen LogP contribution in [0, 0.1) is 5.92 Å². The van der Waals surface area contributed by atoms with Gasteiger partial charge in [0.1, 0.15) is 0 Å². The van der Waals surface area contributed by atoms with Crippen molar-refractivity contribution in [2.24, 2.45) is 10.9 Å². The van der Waals surface area contributed by atoms with Gasteiger partial charge in [-0.05, 0) is 30.5 Å².